The molecule has 0 saturated carbocycles. The van der Waals surface area contributed by atoms with Crippen LogP contribution in [0.4, 0.5) is 0 Å². The van der Waals surface area contributed by atoms with E-state index in [-0.39, 0.29) is 6.04 Å². The van der Waals surface area contributed by atoms with Gasteiger partial charge in [0.1, 0.15) is 0 Å². The van der Waals surface area contributed by atoms with E-state index in [1.807, 2.05) is 6.92 Å². The van der Waals surface area contributed by atoms with E-state index in [2.05, 4.69) is 4.72 Å². The van der Waals surface area contributed by atoms with Crippen LogP contribution in [-0.4, -0.2) is 19.7 Å². The van der Waals surface area contributed by atoms with Crippen molar-refractivity contribution in [2.24, 2.45) is 0 Å². The lowest BCUT2D eigenvalue weighted by atomic mass is 10.2. The van der Waals surface area contributed by atoms with Gasteiger partial charge in [-0.05, 0) is 20.3 Å². The highest BCUT2D eigenvalue weighted by atomic mass is 32.2. The molecule has 0 aliphatic heterocycles. The quantitative estimate of drug-likeness (QED) is 0.726. The summed E-state index contributed by atoms with van der Waals surface area (Å²) in [5, 5.41) is 7.46. The summed E-state index contributed by atoms with van der Waals surface area (Å²) in [5.41, 5.74) is 0. The average Bonchev–Trinajstić information content (AvgIpc) is 2.02. The summed E-state index contributed by atoms with van der Waals surface area (Å²) in [4.78, 5) is 0. The van der Waals surface area contributed by atoms with Gasteiger partial charge in [-0.15, -0.1) is 0 Å². The van der Waals surface area contributed by atoms with Crippen molar-refractivity contribution in [3.63, 3.8) is 0 Å². The molecule has 13 heavy (non-hydrogen) atoms. The molecular formula is C8H16N2O2S. The lowest BCUT2D eigenvalue weighted by molar-refractivity contribution is 0.540. The molecule has 4 nitrogen and oxygen atoms in total. The second-order valence-corrected chi connectivity index (χ2v) is 5.16. The van der Waals surface area contributed by atoms with Gasteiger partial charge in [-0.25, -0.2) is 13.1 Å². The monoisotopic (exact) mass is 204 g/mol. The summed E-state index contributed by atoms with van der Waals surface area (Å²) in [6.45, 7) is 5.16. The number of nitrogens with zero attached hydrogens (tertiary/aromatic N) is 1. The van der Waals surface area contributed by atoms with Crippen LogP contribution >= 0.6 is 0 Å². The lowest BCUT2D eigenvalue weighted by Gasteiger charge is -2.13. The van der Waals surface area contributed by atoms with Crippen molar-refractivity contribution in [2.45, 2.75) is 44.9 Å². The topological polar surface area (TPSA) is 70.0 Å². The van der Waals surface area contributed by atoms with Crippen molar-refractivity contribution >= 4 is 10.0 Å². The van der Waals surface area contributed by atoms with E-state index in [1.165, 1.54) is 6.92 Å². The predicted molar refractivity (Wildman–Crippen MR) is 51.5 cm³/mol. The molecule has 2 atom stereocenters. The Morgan fingerprint density at radius 2 is 2.00 bits per heavy atom. The Bertz CT molecular complexity index is 279. The zero-order valence-corrected chi connectivity index (χ0v) is 9.06. The zero-order chi connectivity index (χ0) is 10.5. The van der Waals surface area contributed by atoms with Gasteiger partial charge >= 0.3 is 0 Å². The van der Waals surface area contributed by atoms with Gasteiger partial charge in [0.15, 0.2) is 5.25 Å². The first-order chi connectivity index (χ1) is 5.94. The first-order valence-electron chi connectivity index (χ1n) is 4.34. The number of rotatable bonds is 5. The van der Waals surface area contributed by atoms with Gasteiger partial charge in [-0.3, -0.25) is 0 Å². The van der Waals surface area contributed by atoms with E-state index in [1.54, 1.807) is 13.0 Å². The molecule has 0 aliphatic rings. The Morgan fingerprint density at radius 3 is 2.38 bits per heavy atom. The molecule has 0 rings (SSSR count). The minimum Gasteiger partial charge on any atom is -0.211 e. The standard InChI is InChI=1S/C8H16N2O2S/c1-4-5-7(2)10-13(11,12)8(3)6-9/h7-8,10H,4-5H2,1-3H3. The maximum atomic E-state index is 11.3. The molecule has 0 aromatic rings. The van der Waals surface area contributed by atoms with Gasteiger partial charge in [0.25, 0.3) is 0 Å². The summed E-state index contributed by atoms with van der Waals surface area (Å²) in [6.07, 6.45) is 1.71. The largest absolute Gasteiger partial charge is 0.227 e. The van der Waals surface area contributed by atoms with Crippen LogP contribution in [0.5, 0.6) is 0 Å². The molecule has 2 unspecified atom stereocenters. The molecule has 0 saturated heterocycles. The van der Waals surface area contributed by atoms with Crippen molar-refractivity contribution in [1.29, 1.82) is 5.26 Å². The molecule has 0 radical (unpaired) electrons. The minimum atomic E-state index is -3.44. The highest BCUT2D eigenvalue weighted by Gasteiger charge is 2.21. The first kappa shape index (κ1) is 12.4. The summed E-state index contributed by atoms with van der Waals surface area (Å²) in [6, 6.07) is 1.61. The van der Waals surface area contributed by atoms with Crippen molar-refractivity contribution in [3.05, 3.63) is 0 Å². The van der Waals surface area contributed by atoms with E-state index >= 15 is 0 Å². The zero-order valence-electron chi connectivity index (χ0n) is 8.24. The molecule has 0 aliphatic carbocycles. The Balaban J connectivity index is 4.28. The van der Waals surface area contributed by atoms with Crippen molar-refractivity contribution in [1.82, 2.24) is 4.72 Å². The molecule has 0 aromatic carbocycles. The Hall–Kier alpha value is -0.600. The Morgan fingerprint density at radius 1 is 1.46 bits per heavy atom. The van der Waals surface area contributed by atoms with Gasteiger partial charge in [-0.1, -0.05) is 13.3 Å². The molecule has 76 valence electrons. The maximum absolute atomic E-state index is 11.3. The highest BCUT2D eigenvalue weighted by Crippen LogP contribution is 2.02. The lowest BCUT2D eigenvalue weighted by Crippen LogP contribution is -2.37. The summed E-state index contributed by atoms with van der Waals surface area (Å²) < 4.78 is 25.1. The van der Waals surface area contributed by atoms with Crippen LogP contribution in [0.15, 0.2) is 0 Å². The fourth-order valence-electron chi connectivity index (χ4n) is 0.944. The maximum Gasteiger partial charge on any atom is 0.227 e. The third-order valence-corrected chi connectivity index (χ3v) is 3.50. The van der Waals surface area contributed by atoms with Crippen LogP contribution < -0.4 is 4.72 Å². The Labute approximate surface area is 80.0 Å². The number of hydrogen-bond acceptors (Lipinski definition) is 3. The molecule has 0 amide bonds. The summed E-state index contributed by atoms with van der Waals surface area (Å²) >= 11 is 0. The third-order valence-electron chi connectivity index (χ3n) is 1.73. The van der Waals surface area contributed by atoms with Crippen LogP contribution in [0.2, 0.25) is 0 Å². The number of nitriles is 1. The van der Waals surface area contributed by atoms with E-state index in [0.717, 1.165) is 12.8 Å². The second kappa shape index (κ2) is 5.20. The van der Waals surface area contributed by atoms with Gasteiger partial charge in [0.05, 0.1) is 6.07 Å². The van der Waals surface area contributed by atoms with Gasteiger partial charge in [0.2, 0.25) is 10.0 Å². The van der Waals surface area contributed by atoms with Gasteiger partial charge in [-0.2, -0.15) is 5.26 Å². The fourth-order valence-corrected chi connectivity index (χ4v) is 1.97. The van der Waals surface area contributed by atoms with Crippen LogP contribution in [0.25, 0.3) is 0 Å². The van der Waals surface area contributed by atoms with E-state index in [9.17, 15) is 8.42 Å². The first-order valence-corrected chi connectivity index (χ1v) is 5.89. The molecular weight excluding hydrogens is 188 g/mol. The Kier molecular flexibility index (Phi) is 4.96. The fraction of sp³-hybridized carbons (Fsp3) is 0.875. The second-order valence-electron chi connectivity index (χ2n) is 3.12. The van der Waals surface area contributed by atoms with Crippen molar-refractivity contribution < 1.29 is 8.42 Å². The highest BCUT2D eigenvalue weighted by molar-refractivity contribution is 7.90. The SMILES string of the molecule is CCCC(C)NS(=O)(=O)C(C)C#N. The van der Waals surface area contributed by atoms with Crippen LogP contribution in [-0.2, 0) is 10.0 Å². The summed E-state index contributed by atoms with van der Waals surface area (Å²) in [5.74, 6) is 0. The minimum absolute atomic E-state index is 0.0919. The van der Waals surface area contributed by atoms with Gasteiger partial charge in [0, 0.05) is 6.04 Å². The number of sulfonamides is 1. The normalized spacial score (nSPS) is 16.2. The molecule has 0 heterocycles. The molecule has 0 aromatic heterocycles. The van der Waals surface area contributed by atoms with Crippen molar-refractivity contribution in [2.75, 3.05) is 0 Å². The molecule has 0 bridgehead atoms. The predicted octanol–water partition coefficient (Wildman–Crippen LogP) is 1.01. The summed E-state index contributed by atoms with van der Waals surface area (Å²) in [7, 11) is -3.44. The van der Waals surface area contributed by atoms with Gasteiger partial charge < -0.3 is 0 Å². The van der Waals surface area contributed by atoms with Crippen LogP contribution in [0, 0.1) is 11.3 Å². The number of hydrogen-bond donors (Lipinski definition) is 1. The molecule has 1 N–H and O–H groups in total. The molecule has 0 fully saturated rings. The van der Waals surface area contributed by atoms with Crippen molar-refractivity contribution in [3.8, 4) is 6.07 Å². The van der Waals surface area contributed by atoms with Crippen LogP contribution in [0.3, 0.4) is 0 Å². The average molecular weight is 204 g/mol. The molecule has 5 heteroatoms. The number of nitrogens with one attached hydrogen (secondary N) is 1. The van der Waals surface area contributed by atoms with E-state index < -0.39 is 15.3 Å². The third kappa shape index (κ3) is 4.25. The smallest absolute Gasteiger partial charge is 0.211 e. The van der Waals surface area contributed by atoms with E-state index in [0.29, 0.717) is 0 Å². The molecule has 0 spiro atoms. The van der Waals surface area contributed by atoms with E-state index in [4.69, 9.17) is 5.26 Å². The van der Waals surface area contributed by atoms with Crippen LogP contribution in [0.1, 0.15) is 33.6 Å².